The first-order valence-corrected chi connectivity index (χ1v) is 8.94. The zero-order chi connectivity index (χ0) is 14.3. The predicted molar refractivity (Wildman–Crippen MR) is 86.0 cm³/mol. The van der Waals surface area contributed by atoms with Crippen LogP contribution in [-0.2, 0) is 4.79 Å². The summed E-state index contributed by atoms with van der Waals surface area (Å²) in [6.07, 6.45) is 15.7. The lowest BCUT2D eigenvalue weighted by molar-refractivity contribution is -0.137. The van der Waals surface area contributed by atoms with Gasteiger partial charge in [-0.05, 0) is 12.8 Å². The third kappa shape index (κ3) is 15.9. The van der Waals surface area contributed by atoms with Crippen molar-refractivity contribution in [2.75, 3.05) is 0 Å². The Hall–Kier alpha value is -0.0500. The van der Waals surface area contributed by atoms with Gasteiger partial charge in [0.05, 0.1) is 0 Å². The molecule has 0 aromatic heterocycles. The summed E-state index contributed by atoms with van der Waals surface area (Å²) >= 11 is 3.56. The number of hydrogen-bond acceptors (Lipinski definition) is 1. The van der Waals surface area contributed by atoms with Gasteiger partial charge in [0.25, 0.3) is 0 Å². The molecule has 0 aliphatic rings. The van der Waals surface area contributed by atoms with Crippen LogP contribution in [0.2, 0.25) is 0 Å². The Morgan fingerprint density at radius 1 is 0.895 bits per heavy atom. The van der Waals surface area contributed by atoms with Crippen molar-refractivity contribution in [2.24, 2.45) is 0 Å². The average molecular weight is 335 g/mol. The second kappa shape index (κ2) is 14.4. The highest BCUT2D eigenvalue weighted by molar-refractivity contribution is 9.09. The number of rotatable bonds is 14. The van der Waals surface area contributed by atoms with Gasteiger partial charge in [0.2, 0.25) is 0 Å². The minimum Gasteiger partial charge on any atom is -0.481 e. The molecule has 1 N–H and O–H groups in total. The van der Waals surface area contributed by atoms with E-state index in [0.717, 1.165) is 12.8 Å². The molecule has 0 saturated carbocycles. The van der Waals surface area contributed by atoms with E-state index in [2.05, 4.69) is 22.9 Å². The molecular formula is C16H31BrO2. The van der Waals surface area contributed by atoms with Crippen molar-refractivity contribution in [1.29, 1.82) is 0 Å². The summed E-state index contributed by atoms with van der Waals surface area (Å²) in [6, 6.07) is 0. The van der Waals surface area contributed by atoms with E-state index in [9.17, 15) is 4.79 Å². The van der Waals surface area contributed by atoms with E-state index in [0.29, 0.717) is 4.83 Å². The molecule has 19 heavy (non-hydrogen) atoms. The Balaban J connectivity index is 3.11. The van der Waals surface area contributed by atoms with Crippen LogP contribution in [-0.4, -0.2) is 15.9 Å². The van der Waals surface area contributed by atoms with Gasteiger partial charge in [0.1, 0.15) is 0 Å². The van der Waals surface area contributed by atoms with Crippen molar-refractivity contribution >= 4 is 21.9 Å². The minimum atomic E-state index is -0.687. The van der Waals surface area contributed by atoms with Gasteiger partial charge in [0.15, 0.2) is 0 Å². The molecule has 114 valence electrons. The topological polar surface area (TPSA) is 37.3 Å². The van der Waals surface area contributed by atoms with Gasteiger partial charge >= 0.3 is 5.97 Å². The second-order valence-corrected chi connectivity index (χ2v) is 6.80. The molecule has 0 amide bonds. The lowest BCUT2D eigenvalue weighted by Gasteiger charge is -2.07. The summed E-state index contributed by atoms with van der Waals surface area (Å²) in [4.78, 5) is 10.8. The van der Waals surface area contributed by atoms with Crippen LogP contribution in [0.15, 0.2) is 0 Å². The fourth-order valence-electron chi connectivity index (χ4n) is 2.28. The lowest BCUT2D eigenvalue weighted by Crippen LogP contribution is -2.03. The van der Waals surface area contributed by atoms with Crippen molar-refractivity contribution in [3.8, 4) is 0 Å². The summed E-state index contributed by atoms with van der Waals surface area (Å²) in [5, 5.41) is 8.59. The highest BCUT2D eigenvalue weighted by Crippen LogP contribution is 2.17. The first-order valence-electron chi connectivity index (χ1n) is 8.02. The lowest BCUT2D eigenvalue weighted by atomic mass is 10.0. The fraction of sp³-hybridized carbons (Fsp3) is 0.938. The SMILES string of the molecule is CCCCCCCCCCCCC(Br)CCC(=O)O. The van der Waals surface area contributed by atoms with Crippen molar-refractivity contribution < 1.29 is 9.90 Å². The summed E-state index contributed by atoms with van der Waals surface area (Å²) in [7, 11) is 0. The Bertz CT molecular complexity index is 207. The fourth-order valence-corrected chi connectivity index (χ4v) is 2.83. The van der Waals surface area contributed by atoms with Gasteiger partial charge in [0, 0.05) is 11.2 Å². The third-order valence-corrected chi connectivity index (χ3v) is 4.46. The molecule has 0 heterocycles. The monoisotopic (exact) mass is 334 g/mol. The van der Waals surface area contributed by atoms with Gasteiger partial charge in [-0.25, -0.2) is 0 Å². The second-order valence-electron chi connectivity index (χ2n) is 5.50. The number of halogens is 1. The van der Waals surface area contributed by atoms with E-state index in [1.807, 2.05) is 0 Å². The Labute approximate surface area is 127 Å². The number of carbonyl (C=O) groups is 1. The molecule has 0 aromatic carbocycles. The third-order valence-electron chi connectivity index (χ3n) is 3.54. The molecule has 0 fully saturated rings. The predicted octanol–water partition coefficient (Wildman–Crippen LogP) is 5.93. The van der Waals surface area contributed by atoms with Crippen LogP contribution in [0.5, 0.6) is 0 Å². The van der Waals surface area contributed by atoms with Crippen molar-refractivity contribution in [3.63, 3.8) is 0 Å². The molecule has 1 unspecified atom stereocenters. The number of hydrogen-bond donors (Lipinski definition) is 1. The molecule has 0 aliphatic heterocycles. The van der Waals surface area contributed by atoms with Crippen LogP contribution in [0.1, 0.15) is 90.4 Å². The summed E-state index contributed by atoms with van der Waals surface area (Å²) in [6.45, 7) is 2.26. The molecular weight excluding hydrogens is 304 g/mol. The smallest absolute Gasteiger partial charge is 0.303 e. The maximum Gasteiger partial charge on any atom is 0.303 e. The van der Waals surface area contributed by atoms with E-state index < -0.39 is 5.97 Å². The van der Waals surface area contributed by atoms with Crippen LogP contribution < -0.4 is 0 Å². The van der Waals surface area contributed by atoms with Crippen molar-refractivity contribution in [1.82, 2.24) is 0 Å². The summed E-state index contributed by atoms with van der Waals surface area (Å²) < 4.78 is 0. The van der Waals surface area contributed by atoms with E-state index in [4.69, 9.17) is 5.11 Å². The van der Waals surface area contributed by atoms with E-state index in [-0.39, 0.29) is 6.42 Å². The minimum absolute atomic E-state index is 0.285. The largest absolute Gasteiger partial charge is 0.481 e. The zero-order valence-corrected chi connectivity index (χ0v) is 14.1. The van der Waals surface area contributed by atoms with Crippen molar-refractivity contribution in [3.05, 3.63) is 0 Å². The molecule has 0 bridgehead atoms. The van der Waals surface area contributed by atoms with E-state index in [1.165, 1.54) is 64.2 Å². The first-order chi connectivity index (χ1) is 9.16. The van der Waals surface area contributed by atoms with E-state index in [1.54, 1.807) is 0 Å². The number of carboxylic acid groups (broad SMARTS) is 1. The quantitative estimate of drug-likeness (QED) is 0.316. The zero-order valence-electron chi connectivity index (χ0n) is 12.5. The van der Waals surface area contributed by atoms with Crippen LogP contribution in [0.4, 0.5) is 0 Å². The number of alkyl halides is 1. The molecule has 2 nitrogen and oxygen atoms in total. The van der Waals surface area contributed by atoms with Crippen LogP contribution in [0.25, 0.3) is 0 Å². The maximum atomic E-state index is 10.4. The molecule has 0 rings (SSSR count). The molecule has 0 aromatic rings. The summed E-state index contributed by atoms with van der Waals surface area (Å²) in [5.74, 6) is -0.687. The van der Waals surface area contributed by atoms with Gasteiger partial charge < -0.3 is 5.11 Å². The molecule has 3 heteroatoms. The van der Waals surface area contributed by atoms with Crippen LogP contribution in [0, 0.1) is 0 Å². The van der Waals surface area contributed by atoms with Gasteiger partial charge in [-0.2, -0.15) is 0 Å². The number of aliphatic carboxylic acids is 1. The number of unbranched alkanes of at least 4 members (excludes halogenated alkanes) is 9. The average Bonchev–Trinajstić information content (AvgIpc) is 2.38. The Morgan fingerprint density at radius 2 is 1.37 bits per heavy atom. The molecule has 1 atom stereocenters. The maximum absolute atomic E-state index is 10.4. The van der Waals surface area contributed by atoms with E-state index >= 15 is 0 Å². The standard InChI is InChI=1S/C16H31BrO2/c1-2-3-4-5-6-7-8-9-10-11-12-15(17)13-14-16(18)19/h15H,2-14H2,1H3,(H,18,19). The highest BCUT2D eigenvalue weighted by Gasteiger charge is 2.06. The summed E-state index contributed by atoms with van der Waals surface area (Å²) in [5.41, 5.74) is 0. The number of carboxylic acids is 1. The van der Waals surface area contributed by atoms with Gasteiger partial charge in [-0.1, -0.05) is 87.1 Å². The van der Waals surface area contributed by atoms with Crippen LogP contribution >= 0.6 is 15.9 Å². The van der Waals surface area contributed by atoms with Gasteiger partial charge in [-0.3, -0.25) is 4.79 Å². The normalized spacial score (nSPS) is 12.5. The van der Waals surface area contributed by atoms with Crippen molar-refractivity contribution in [2.45, 2.75) is 95.2 Å². The van der Waals surface area contributed by atoms with Gasteiger partial charge in [-0.15, -0.1) is 0 Å². The molecule has 0 spiro atoms. The Morgan fingerprint density at radius 3 is 1.84 bits per heavy atom. The molecule has 0 radical (unpaired) electrons. The highest BCUT2D eigenvalue weighted by atomic mass is 79.9. The Kier molecular flexibility index (Phi) is 14.3. The molecule has 0 saturated heterocycles. The first kappa shape index (κ1) is 18.9. The molecule has 0 aliphatic carbocycles. The van der Waals surface area contributed by atoms with Crippen LogP contribution in [0.3, 0.4) is 0 Å².